The minimum Gasteiger partial charge on any atom is -0.493 e. The summed E-state index contributed by atoms with van der Waals surface area (Å²) in [6, 6.07) is 3.42. The zero-order valence-corrected chi connectivity index (χ0v) is 20.4. The Kier molecular flexibility index (Phi) is 6.85. The summed E-state index contributed by atoms with van der Waals surface area (Å²) in [5, 5.41) is 3.91. The zero-order valence-electron chi connectivity index (χ0n) is 19.6. The highest BCUT2D eigenvalue weighted by atomic mass is 32.1. The van der Waals surface area contributed by atoms with Gasteiger partial charge in [-0.25, -0.2) is 9.97 Å². The molecule has 1 saturated heterocycles. The van der Waals surface area contributed by atoms with E-state index in [1.807, 2.05) is 6.92 Å². The average molecular weight is 472 g/mol. The van der Waals surface area contributed by atoms with Gasteiger partial charge < -0.3 is 29.3 Å². The number of likely N-dealkylation sites (N-methyl/N-ethyl adjacent to an activating group) is 1. The van der Waals surface area contributed by atoms with E-state index < -0.39 is 0 Å². The van der Waals surface area contributed by atoms with Crippen molar-refractivity contribution in [1.29, 1.82) is 0 Å². The molecule has 1 amide bonds. The van der Waals surface area contributed by atoms with Crippen molar-refractivity contribution in [2.45, 2.75) is 13.8 Å². The molecule has 1 fully saturated rings. The minimum atomic E-state index is -0.216. The van der Waals surface area contributed by atoms with Gasteiger partial charge in [0.2, 0.25) is 5.75 Å². The summed E-state index contributed by atoms with van der Waals surface area (Å²) < 4.78 is 16.2. The molecule has 33 heavy (non-hydrogen) atoms. The molecule has 0 unspecified atom stereocenters. The number of rotatable bonds is 7. The van der Waals surface area contributed by atoms with Gasteiger partial charge in [0.25, 0.3) is 5.91 Å². The first-order valence-electron chi connectivity index (χ1n) is 10.8. The zero-order chi connectivity index (χ0) is 23.5. The van der Waals surface area contributed by atoms with Crippen molar-refractivity contribution < 1.29 is 19.0 Å². The normalized spacial score (nSPS) is 14.4. The maximum Gasteiger partial charge on any atom is 0.266 e. The molecule has 1 aliphatic heterocycles. The number of hydrogen-bond donors (Lipinski definition) is 1. The largest absolute Gasteiger partial charge is 0.493 e. The number of carbonyl (C=O) groups is 1. The Bertz CT molecular complexity index is 1130. The van der Waals surface area contributed by atoms with E-state index in [4.69, 9.17) is 14.2 Å². The number of fused-ring (bicyclic) bond motifs is 1. The van der Waals surface area contributed by atoms with E-state index in [1.54, 1.807) is 39.8 Å². The third-order valence-corrected chi connectivity index (χ3v) is 7.15. The molecule has 0 spiro atoms. The summed E-state index contributed by atoms with van der Waals surface area (Å²) >= 11 is 1.37. The minimum absolute atomic E-state index is 0.216. The quantitative estimate of drug-likeness (QED) is 0.561. The summed E-state index contributed by atoms with van der Waals surface area (Å²) in [4.78, 5) is 28.4. The first-order chi connectivity index (χ1) is 16.0. The van der Waals surface area contributed by atoms with Crippen LogP contribution in [0.25, 0.3) is 10.2 Å². The van der Waals surface area contributed by atoms with Crippen LogP contribution in [0, 0.1) is 6.92 Å². The van der Waals surface area contributed by atoms with Crippen molar-refractivity contribution in [2.24, 2.45) is 0 Å². The van der Waals surface area contributed by atoms with Crippen molar-refractivity contribution in [3.8, 4) is 17.2 Å². The number of aryl methyl sites for hydroxylation is 1. The van der Waals surface area contributed by atoms with Gasteiger partial charge in [-0.1, -0.05) is 6.92 Å². The summed E-state index contributed by atoms with van der Waals surface area (Å²) in [7, 11) is 4.62. The highest BCUT2D eigenvalue weighted by Gasteiger charge is 2.24. The number of aromatic nitrogens is 2. The highest BCUT2D eigenvalue weighted by molar-refractivity contribution is 7.20. The molecule has 0 atom stereocenters. The van der Waals surface area contributed by atoms with Gasteiger partial charge in [-0.05, 0) is 19.0 Å². The van der Waals surface area contributed by atoms with Gasteiger partial charge in [-0.3, -0.25) is 4.79 Å². The lowest BCUT2D eigenvalue weighted by Crippen LogP contribution is -2.46. The molecule has 3 aromatic rings. The first-order valence-corrected chi connectivity index (χ1v) is 11.6. The second-order valence-electron chi connectivity index (χ2n) is 7.72. The number of piperazine rings is 1. The van der Waals surface area contributed by atoms with Crippen LogP contribution < -0.4 is 24.4 Å². The Hall–Kier alpha value is -3.11. The second kappa shape index (κ2) is 9.80. The Balaban J connectivity index is 1.64. The summed E-state index contributed by atoms with van der Waals surface area (Å²) in [6.45, 7) is 9.00. The maximum absolute atomic E-state index is 13.2. The third kappa shape index (κ3) is 4.40. The number of ether oxygens (including phenoxy) is 3. The van der Waals surface area contributed by atoms with Crippen molar-refractivity contribution >= 4 is 39.0 Å². The average Bonchev–Trinajstić information content (AvgIpc) is 3.20. The SMILES string of the molecule is CCN1CCN(c2ncnc3sc(C(=O)Nc4cc(OC)c(OC)c(OC)c4)c(C)c23)CC1. The molecular formula is C23H29N5O4S. The van der Waals surface area contributed by atoms with Crippen molar-refractivity contribution in [3.63, 3.8) is 0 Å². The van der Waals surface area contributed by atoms with E-state index in [1.165, 1.54) is 11.3 Å². The van der Waals surface area contributed by atoms with Crippen LogP contribution in [0.3, 0.4) is 0 Å². The standard InChI is InChI=1S/C23H29N5O4S/c1-6-27-7-9-28(10-8-27)21-18-14(2)20(33-23(18)25-13-24-21)22(29)26-15-11-16(30-3)19(32-5)17(12-15)31-4/h11-13H,6-10H2,1-5H3,(H,26,29). The molecule has 0 saturated carbocycles. The number of anilines is 2. The Morgan fingerprint density at radius 2 is 1.73 bits per heavy atom. The van der Waals surface area contributed by atoms with Crippen molar-refractivity contribution in [2.75, 3.05) is 64.3 Å². The topological polar surface area (TPSA) is 89.1 Å². The van der Waals surface area contributed by atoms with Crippen molar-refractivity contribution in [1.82, 2.24) is 14.9 Å². The predicted molar refractivity (Wildman–Crippen MR) is 131 cm³/mol. The molecule has 4 rings (SSSR count). The number of thiophene rings is 1. The molecule has 0 radical (unpaired) electrons. The summed E-state index contributed by atoms with van der Waals surface area (Å²) in [6.07, 6.45) is 1.58. The van der Waals surface area contributed by atoms with Crippen LogP contribution in [0.2, 0.25) is 0 Å². The lowest BCUT2D eigenvalue weighted by atomic mass is 10.1. The smallest absolute Gasteiger partial charge is 0.266 e. The number of carbonyl (C=O) groups excluding carboxylic acids is 1. The fourth-order valence-corrected chi connectivity index (χ4v) is 5.16. The number of amides is 1. The number of nitrogens with one attached hydrogen (secondary N) is 1. The predicted octanol–water partition coefficient (Wildman–Crippen LogP) is 3.42. The van der Waals surface area contributed by atoms with Crippen LogP contribution in [-0.2, 0) is 0 Å². The summed E-state index contributed by atoms with van der Waals surface area (Å²) in [5.41, 5.74) is 1.43. The van der Waals surface area contributed by atoms with E-state index in [9.17, 15) is 4.79 Å². The van der Waals surface area contributed by atoms with Gasteiger partial charge >= 0.3 is 0 Å². The fourth-order valence-electron chi connectivity index (χ4n) is 4.13. The maximum atomic E-state index is 13.2. The van der Waals surface area contributed by atoms with Crippen LogP contribution in [-0.4, -0.2) is 74.8 Å². The van der Waals surface area contributed by atoms with Gasteiger partial charge in [0, 0.05) is 44.0 Å². The van der Waals surface area contributed by atoms with Crippen LogP contribution in [0.5, 0.6) is 17.2 Å². The highest BCUT2D eigenvalue weighted by Crippen LogP contribution is 2.41. The van der Waals surface area contributed by atoms with Gasteiger partial charge in [0.05, 0.1) is 31.6 Å². The second-order valence-corrected chi connectivity index (χ2v) is 8.72. The molecular weight excluding hydrogens is 442 g/mol. The molecule has 3 heterocycles. The van der Waals surface area contributed by atoms with Gasteiger partial charge in [-0.2, -0.15) is 0 Å². The van der Waals surface area contributed by atoms with Gasteiger partial charge in [0.15, 0.2) is 11.5 Å². The van der Waals surface area contributed by atoms with Gasteiger partial charge in [0.1, 0.15) is 17.0 Å². The van der Waals surface area contributed by atoms with E-state index >= 15 is 0 Å². The Labute approximate surface area is 197 Å². The molecule has 1 aromatic carbocycles. The molecule has 10 heteroatoms. The summed E-state index contributed by atoms with van der Waals surface area (Å²) in [5.74, 6) is 2.10. The monoisotopic (exact) mass is 471 g/mol. The van der Waals surface area contributed by atoms with E-state index in [-0.39, 0.29) is 5.91 Å². The molecule has 0 bridgehead atoms. The Morgan fingerprint density at radius 3 is 2.30 bits per heavy atom. The molecule has 1 aliphatic rings. The van der Waals surface area contributed by atoms with Crippen LogP contribution in [0.15, 0.2) is 18.5 Å². The number of methoxy groups -OCH3 is 3. The van der Waals surface area contributed by atoms with E-state index in [2.05, 4.69) is 32.0 Å². The lowest BCUT2D eigenvalue weighted by molar-refractivity contribution is 0.103. The molecule has 9 nitrogen and oxygen atoms in total. The molecule has 176 valence electrons. The number of benzene rings is 1. The fraction of sp³-hybridized carbons (Fsp3) is 0.435. The van der Waals surface area contributed by atoms with E-state index in [0.717, 1.165) is 54.3 Å². The number of hydrogen-bond acceptors (Lipinski definition) is 9. The Morgan fingerprint density at radius 1 is 1.06 bits per heavy atom. The van der Waals surface area contributed by atoms with Gasteiger partial charge in [-0.15, -0.1) is 11.3 Å². The first kappa shape index (κ1) is 23.1. The number of nitrogens with zero attached hydrogens (tertiary/aromatic N) is 4. The molecule has 0 aliphatic carbocycles. The molecule has 2 aromatic heterocycles. The van der Waals surface area contributed by atoms with Crippen LogP contribution in [0.1, 0.15) is 22.2 Å². The lowest BCUT2D eigenvalue weighted by Gasteiger charge is -2.35. The van der Waals surface area contributed by atoms with Crippen LogP contribution in [0.4, 0.5) is 11.5 Å². The van der Waals surface area contributed by atoms with E-state index in [0.29, 0.717) is 27.8 Å². The third-order valence-electron chi connectivity index (χ3n) is 5.95. The molecule has 1 N–H and O–H groups in total. The van der Waals surface area contributed by atoms with Crippen LogP contribution >= 0.6 is 11.3 Å². The van der Waals surface area contributed by atoms with Crippen molar-refractivity contribution in [3.05, 3.63) is 28.9 Å².